The molecule has 1 aromatic carbocycles. The molecule has 0 aliphatic rings. The van der Waals surface area contributed by atoms with Crippen molar-refractivity contribution in [2.75, 3.05) is 20.3 Å². The molecule has 0 fully saturated rings. The van der Waals surface area contributed by atoms with E-state index in [0.29, 0.717) is 23.4 Å². The van der Waals surface area contributed by atoms with Gasteiger partial charge in [0.2, 0.25) is 11.7 Å². The molecule has 0 aliphatic heterocycles. The van der Waals surface area contributed by atoms with Gasteiger partial charge in [0.05, 0.1) is 23.1 Å². The standard InChI is InChI=1S/C19H19NO6S/c1-12(21)20-10-9-15-7-8-17(27-15)16(22)11-26-19(24)14-5-3-13(4-6-14)18(23)25-2/h3-8H,9-11H2,1-2H3,(H,20,21). The van der Waals surface area contributed by atoms with Crippen molar-refractivity contribution in [3.63, 3.8) is 0 Å². The second-order valence-electron chi connectivity index (χ2n) is 5.57. The summed E-state index contributed by atoms with van der Waals surface area (Å²) in [6.07, 6.45) is 0.629. The number of esters is 2. The molecule has 0 aliphatic carbocycles. The van der Waals surface area contributed by atoms with Gasteiger partial charge >= 0.3 is 11.9 Å². The van der Waals surface area contributed by atoms with Gasteiger partial charge in [-0.2, -0.15) is 0 Å². The number of nitrogens with one attached hydrogen (secondary N) is 1. The van der Waals surface area contributed by atoms with E-state index in [9.17, 15) is 19.2 Å². The van der Waals surface area contributed by atoms with Crippen molar-refractivity contribution >= 4 is 35.0 Å². The van der Waals surface area contributed by atoms with Crippen LogP contribution in [0.1, 0.15) is 42.2 Å². The number of hydrogen-bond acceptors (Lipinski definition) is 7. The second kappa shape index (κ2) is 9.63. The topological polar surface area (TPSA) is 98.8 Å². The van der Waals surface area contributed by atoms with E-state index in [1.54, 1.807) is 6.07 Å². The van der Waals surface area contributed by atoms with E-state index in [-0.39, 0.29) is 23.9 Å². The molecule has 1 heterocycles. The molecule has 0 spiro atoms. The lowest BCUT2D eigenvalue weighted by Crippen LogP contribution is -2.22. The largest absolute Gasteiger partial charge is 0.465 e. The van der Waals surface area contributed by atoms with Crippen molar-refractivity contribution in [1.82, 2.24) is 5.32 Å². The van der Waals surface area contributed by atoms with Crippen molar-refractivity contribution in [3.05, 3.63) is 57.3 Å². The summed E-state index contributed by atoms with van der Waals surface area (Å²) in [4.78, 5) is 47.8. The van der Waals surface area contributed by atoms with E-state index in [4.69, 9.17) is 4.74 Å². The molecule has 0 radical (unpaired) electrons. The summed E-state index contributed by atoms with van der Waals surface area (Å²) in [5.74, 6) is -1.56. The van der Waals surface area contributed by atoms with Crippen LogP contribution < -0.4 is 5.32 Å². The Bertz CT molecular complexity index is 840. The molecule has 1 N–H and O–H groups in total. The number of benzene rings is 1. The first-order chi connectivity index (χ1) is 12.9. The summed E-state index contributed by atoms with van der Waals surface area (Å²) in [6.45, 7) is 1.57. The fourth-order valence-electron chi connectivity index (χ4n) is 2.17. The van der Waals surface area contributed by atoms with Crippen LogP contribution in [0, 0.1) is 0 Å². The smallest absolute Gasteiger partial charge is 0.338 e. The quantitative estimate of drug-likeness (QED) is 0.549. The van der Waals surface area contributed by atoms with Gasteiger partial charge in [0.25, 0.3) is 0 Å². The highest BCUT2D eigenvalue weighted by molar-refractivity contribution is 7.14. The highest BCUT2D eigenvalue weighted by Crippen LogP contribution is 2.18. The number of carbonyl (C=O) groups is 4. The summed E-state index contributed by atoms with van der Waals surface area (Å²) >= 11 is 1.30. The van der Waals surface area contributed by atoms with Crippen LogP contribution in [-0.2, 0) is 20.7 Å². The average molecular weight is 389 g/mol. The molecule has 2 rings (SSSR count). The molecular formula is C19H19NO6S. The molecule has 0 unspecified atom stereocenters. The van der Waals surface area contributed by atoms with Gasteiger partial charge in [-0.1, -0.05) is 0 Å². The lowest BCUT2D eigenvalue weighted by molar-refractivity contribution is -0.118. The molecule has 0 saturated carbocycles. The van der Waals surface area contributed by atoms with E-state index in [1.807, 2.05) is 6.07 Å². The second-order valence-corrected chi connectivity index (χ2v) is 6.74. The van der Waals surface area contributed by atoms with Gasteiger partial charge in [-0.05, 0) is 42.8 Å². The van der Waals surface area contributed by atoms with Gasteiger partial charge in [0.1, 0.15) is 0 Å². The minimum Gasteiger partial charge on any atom is -0.465 e. The number of ether oxygens (including phenoxy) is 2. The van der Waals surface area contributed by atoms with Crippen LogP contribution >= 0.6 is 11.3 Å². The Kier molecular flexibility index (Phi) is 7.25. The lowest BCUT2D eigenvalue weighted by atomic mass is 10.1. The summed E-state index contributed by atoms with van der Waals surface area (Å²) in [7, 11) is 1.27. The minimum absolute atomic E-state index is 0.102. The van der Waals surface area contributed by atoms with Crippen molar-refractivity contribution in [3.8, 4) is 0 Å². The van der Waals surface area contributed by atoms with Crippen LogP contribution in [0.4, 0.5) is 0 Å². The Morgan fingerprint density at radius 3 is 2.19 bits per heavy atom. The van der Waals surface area contributed by atoms with Gasteiger partial charge in [0.15, 0.2) is 6.61 Å². The Balaban J connectivity index is 1.86. The van der Waals surface area contributed by atoms with Gasteiger partial charge in [-0.25, -0.2) is 9.59 Å². The first-order valence-electron chi connectivity index (χ1n) is 8.12. The van der Waals surface area contributed by atoms with Crippen molar-refractivity contribution < 1.29 is 28.7 Å². The molecule has 0 bridgehead atoms. The minimum atomic E-state index is -0.651. The molecule has 2 aromatic rings. The van der Waals surface area contributed by atoms with Crippen molar-refractivity contribution in [2.24, 2.45) is 0 Å². The molecule has 0 saturated heterocycles. The number of amides is 1. The van der Waals surface area contributed by atoms with Crippen LogP contribution in [0.2, 0.25) is 0 Å². The zero-order valence-electron chi connectivity index (χ0n) is 14.9. The third-order valence-electron chi connectivity index (χ3n) is 3.56. The van der Waals surface area contributed by atoms with E-state index in [2.05, 4.69) is 10.1 Å². The Labute approximate surface area is 160 Å². The molecule has 142 valence electrons. The monoisotopic (exact) mass is 389 g/mol. The Hall–Kier alpha value is -3.00. The van der Waals surface area contributed by atoms with Crippen LogP contribution in [0.15, 0.2) is 36.4 Å². The maximum absolute atomic E-state index is 12.2. The van der Waals surface area contributed by atoms with E-state index in [0.717, 1.165) is 4.88 Å². The van der Waals surface area contributed by atoms with E-state index >= 15 is 0 Å². The summed E-state index contributed by atoms with van der Waals surface area (Å²) in [5, 5.41) is 2.69. The molecule has 27 heavy (non-hydrogen) atoms. The summed E-state index contributed by atoms with van der Waals surface area (Å²) < 4.78 is 9.62. The first kappa shape index (κ1) is 20.3. The maximum Gasteiger partial charge on any atom is 0.338 e. The number of methoxy groups -OCH3 is 1. The predicted octanol–water partition coefficient (Wildman–Crippen LogP) is 2.25. The van der Waals surface area contributed by atoms with Crippen LogP contribution in [-0.4, -0.2) is 43.9 Å². The SMILES string of the molecule is COC(=O)c1ccc(C(=O)OCC(=O)c2ccc(CCNC(C)=O)s2)cc1. The number of thiophene rings is 1. The molecule has 8 heteroatoms. The van der Waals surface area contributed by atoms with Gasteiger partial charge in [0, 0.05) is 18.3 Å². The van der Waals surface area contributed by atoms with Crippen molar-refractivity contribution in [2.45, 2.75) is 13.3 Å². The van der Waals surface area contributed by atoms with Crippen LogP contribution in [0.5, 0.6) is 0 Å². The molecule has 1 amide bonds. The first-order valence-corrected chi connectivity index (χ1v) is 8.94. The molecule has 7 nitrogen and oxygen atoms in total. The zero-order valence-corrected chi connectivity index (χ0v) is 15.8. The highest BCUT2D eigenvalue weighted by atomic mass is 32.1. The Morgan fingerprint density at radius 1 is 0.963 bits per heavy atom. The number of rotatable bonds is 8. The van der Waals surface area contributed by atoms with E-state index in [1.165, 1.54) is 49.6 Å². The molecule has 1 aromatic heterocycles. The van der Waals surface area contributed by atoms with Crippen molar-refractivity contribution in [1.29, 1.82) is 0 Å². The average Bonchev–Trinajstić information content (AvgIpc) is 3.14. The predicted molar refractivity (Wildman–Crippen MR) is 99.1 cm³/mol. The van der Waals surface area contributed by atoms with Crippen LogP contribution in [0.3, 0.4) is 0 Å². The van der Waals surface area contributed by atoms with E-state index < -0.39 is 11.9 Å². The van der Waals surface area contributed by atoms with Gasteiger partial charge < -0.3 is 14.8 Å². The number of carbonyl (C=O) groups excluding carboxylic acids is 4. The number of Topliss-reactive ketones (excluding diaryl/α,β-unsaturated/α-hetero) is 1. The zero-order chi connectivity index (χ0) is 19.8. The normalized spacial score (nSPS) is 10.1. The van der Waals surface area contributed by atoms with Gasteiger partial charge in [-0.3, -0.25) is 9.59 Å². The lowest BCUT2D eigenvalue weighted by Gasteiger charge is -2.04. The third kappa shape index (κ3) is 6.03. The summed E-state index contributed by atoms with van der Waals surface area (Å²) in [5.41, 5.74) is 0.549. The van der Waals surface area contributed by atoms with Gasteiger partial charge in [-0.15, -0.1) is 11.3 Å². The molecule has 0 atom stereocenters. The Morgan fingerprint density at radius 2 is 1.59 bits per heavy atom. The fraction of sp³-hybridized carbons (Fsp3) is 0.263. The van der Waals surface area contributed by atoms with Crippen LogP contribution in [0.25, 0.3) is 0 Å². The fourth-order valence-corrected chi connectivity index (χ4v) is 3.10. The highest BCUT2D eigenvalue weighted by Gasteiger charge is 2.14. The number of ketones is 1. The maximum atomic E-state index is 12.2. The third-order valence-corrected chi connectivity index (χ3v) is 4.74. The molecular weight excluding hydrogens is 370 g/mol. The summed E-state index contributed by atoms with van der Waals surface area (Å²) in [6, 6.07) is 9.26. The number of hydrogen-bond donors (Lipinski definition) is 1.